The molecule has 4 aromatic rings. The molecule has 0 radical (unpaired) electrons. The molecule has 5 rings (SSSR count). The molecule has 48 heavy (non-hydrogen) atoms. The molecule has 0 bridgehead atoms. The number of halogens is 3. The highest BCUT2D eigenvalue weighted by molar-refractivity contribution is 7.13. The van der Waals surface area contributed by atoms with Gasteiger partial charge in [0, 0.05) is 61.1 Å². The van der Waals surface area contributed by atoms with Crippen LogP contribution in [0, 0.1) is 0 Å². The van der Waals surface area contributed by atoms with Crippen molar-refractivity contribution >= 4 is 40.1 Å². The van der Waals surface area contributed by atoms with Crippen LogP contribution < -0.4 is 16.1 Å². The van der Waals surface area contributed by atoms with Crippen molar-refractivity contribution in [3.63, 3.8) is 0 Å². The van der Waals surface area contributed by atoms with Gasteiger partial charge < -0.3 is 19.9 Å². The summed E-state index contributed by atoms with van der Waals surface area (Å²) in [5.74, 6) is -1.31. The van der Waals surface area contributed by atoms with Gasteiger partial charge in [-0.25, -0.2) is 19.6 Å². The minimum absolute atomic E-state index is 0.0108. The molecule has 3 N–H and O–H groups in total. The number of anilines is 1. The van der Waals surface area contributed by atoms with E-state index < -0.39 is 34.9 Å². The summed E-state index contributed by atoms with van der Waals surface area (Å²) in [5, 5.41) is 16.0. The van der Waals surface area contributed by atoms with Crippen LogP contribution in [0.15, 0.2) is 40.9 Å². The van der Waals surface area contributed by atoms with Crippen molar-refractivity contribution in [1.29, 1.82) is 0 Å². The lowest BCUT2D eigenvalue weighted by atomic mass is 10.0. The van der Waals surface area contributed by atoms with E-state index in [2.05, 4.69) is 49.2 Å². The number of nitrogens with one attached hydrogen (secondary N) is 2. The van der Waals surface area contributed by atoms with Crippen LogP contribution in [0.5, 0.6) is 0 Å². The van der Waals surface area contributed by atoms with E-state index in [4.69, 9.17) is 0 Å². The second-order valence-corrected chi connectivity index (χ2v) is 12.3. The Morgan fingerprint density at radius 3 is 2.56 bits per heavy atom. The SMILES string of the molecule is CCNC(=O)Nc1cc(-c2nc(C(F)(F)F)cs2)c(-c2cc3c(=O)c(C(=O)O)cn(C[C@@H]4CCCN4CCN(CC)CC)c3cn2)cn1. The van der Waals surface area contributed by atoms with Crippen LogP contribution in [0.25, 0.3) is 32.7 Å². The highest BCUT2D eigenvalue weighted by atomic mass is 32.1. The van der Waals surface area contributed by atoms with Crippen LogP contribution in [-0.2, 0) is 12.7 Å². The van der Waals surface area contributed by atoms with Crippen molar-refractivity contribution in [1.82, 2.24) is 34.6 Å². The topological polar surface area (TPSA) is 146 Å². The standard InChI is InChI=1S/C32H37F3N8O4S/c1-4-36-31(47)40-27-13-20(29-39-26(18-48-29)32(33,34)35)22(14-38-27)24-12-21-25(15-37-24)43(17-23(28(21)44)30(45)46)16-19-8-7-9-42(19)11-10-41(5-2)6-3/h12-15,17-19H,4-11,16H2,1-3H3,(H,45,46)(H2,36,38,40,47)/t19-/m0/s1. The zero-order valence-corrected chi connectivity index (χ0v) is 27.6. The number of carbonyl (C=O) groups is 2. The third kappa shape index (κ3) is 7.66. The highest BCUT2D eigenvalue weighted by Crippen LogP contribution is 2.38. The molecule has 4 aromatic heterocycles. The smallest absolute Gasteiger partial charge is 0.434 e. The van der Waals surface area contributed by atoms with E-state index in [9.17, 15) is 32.7 Å². The van der Waals surface area contributed by atoms with E-state index in [1.807, 2.05) is 0 Å². The van der Waals surface area contributed by atoms with Gasteiger partial charge >= 0.3 is 18.2 Å². The Bertz CT molecular complexity index is 1860. The molecule has 5 heterocycles. The van der Waals surface area contributed by atoms with E-state index in [0.29, 0.717) is 18.6 Å². The molecule has 0 spiro atoms. The molecular formula is C32H37F3N8O4S. The number of carboxylic acids is 1. The Hall–Kier alpha value is -4.41. The molecule has 1 saturated heterocycles. The molecule has 16 heteroatoms. The number of nitrogens with zero attached hydrogens (tertiary/aromatic N) is 6. The number of hydrogen-bond donors (Lipinski definition) is 3. The fourth-order valence-corrected chi connectivity index (χ4v) is 6.78. The summed E-state index contributed by atoms with van der Waals surface area (Å²) in [6.07, 6.45) is 1.40. The number of rotatable bonds is 12. The van der Waals surface area contributed by atoms with Crippen molar-refractivity contribution in [3.05, 3.63) is 57.6 Å². The largest absolute Gasteiger partial charge is 0.477 e. The molecule has 0 aromatic carbocycles. The van der Waals surface area contributed by atoms with Crippen LogP contribution in [-0.4, -0.2) is 91.7 Å². The Labute approximate surface area is 278 Å². The van der Waals surface area contributed by atoms with Gasteiger partial charge in [-0.05, 0) is 51.5 Å². The van der Waals surface area contributed by atoms with E-state index in [1.165, 1.54) is 30.7 Å². The van der Waals surface area contributed by atoms with Crippen molar-refractivity contribution in [3.8, 4) is 21.8 Å². The zero-order chi connectivity index (χ0) is 34.6. The molecule has 0 unspecified atom stereocenters. The summed E-state index contributed by atoms with van der Waals surface area (Å²) in [7, 11) is 0. The summed E-state index contributed by atoms with van der Waals surface area (Å²) in [5.41, 5.74) is -1.16. The minimum atomic E-state index is -4.68. The average molecular weight is 687 g/mol. The number of hydrogen-bond acceptors (Lipinski definition) is 9. The Kier molecular flexibility index (Phi) is 10.8. The summed E-state index contributed by atoms with van der Waals surface area (Å²) in [6, 6.07) is 2.39. The normalized spacial score (nSPS) is 15.4. The summed E-state index contributed by atoms with van der Waals surface area (Å²) >= 11 is 0.752. The molecule has 0 aliphatic carbocycles. The number of likely N-dealkylation sites (N-methyl/N-ethyl adjacent to an activating group) is 1. The van der Waals surface area contributed by atoms with Crippen LogP contribution >= 0.6 is 11.3 Å². The maximum Gasteiger partial charge on any atom is 0.434 e. The fraction of sp³-hybridized carbons (Fsp3) is 0.438. The summed E-state index contributed by atoms with van der Waals surface area (Å²) in [6.45, 7) is 11.4. The number of thiazole rings is 1. The Morgan fingerprint density at radius 1 is 1.12 bits per heavy atom. The molecule has 1 aliphatic heterocycles. The van der Waals surface area contributed by atoms with Crippen molar-refractivity contribution in [2.45, 2.75) is 52.4 Å². The number of pyridine rings is 3. The second kappa shape index (κ2) is 14.8. The van der Waals surface area contributed by atoms with Crippen molar-refractivity contribution < 1.29 is 27.9 Å². The Balaban J connectivity index is 1.58. The van der Waals surface area contributed by atoms with Crippen molar-refractivity contribution in [2.24, 2.45) is 0 Å². The van der Waals surface area contributed by atoms with Crippen LogP contribution in [0.2, 0.25) is 0 Å². The van der Waals surface area contributed by atoms with E-state index >= 15 is 0 Å². The number of carbonyl (C=O) groups excluding carboxylic acids is 1. The molecule has 12 nitrogen and oxygen atoms in total. The fourth-order valence-electron chi connectivity index (χ4n) is 5.93. The maximum atomic E-state index is 13.5. The van der Waals surface area contributed by atoms with Crippen molar-refractivity contribution in [2.75, 3.05) is 44.6 Å². The number of amides is 2. The van der Waals surface area contributed by atoms with Gasteiger partial charge in [0.2, 0.25) is 5.43 Å². The number of carboxylic acid groups (broad SMARTS) is 1. The van der Waals surface area contributed by atoms with Gasteiger partial charge in [-0.2, -0.15) is 13.2 Å². The number of likely N-dealkylation sites (tertiary alicyclic amines) is 1. The summed E-state index contributed by atoms with van der Waals surface area (Å²) in [4.78, 5) is 55.3. The lowest BCUT2D eigenvalue weighted by molar-refractivity contribution is -0.140. The average Bonchev–Trinajstić information content (AvgIpc) is 3.73. The maximum absolute atomic E-state index is 13.5. The first-order chi connectivity index (χ1) is 22.9. The van der Waals surface area contributed by atoms with Gasteiger partial charge in [-0.3, -0.25) is 20.0 Å². The third-order valence-electron chi connectivity index (χ3n) is 8.49. The van der Waals surface area contributed by atoms with Crippen LogP contribution in [0.3, 0.4) is 0 Å². The first kappa shape index (κ1) is 34.9. The number of fused-ring (bicyclic) bond motifs is 1. The van der Waals surface area contributed by atoms with Gasteiger partial charge in [0.25, 0.3) is 0 Å². The lowest BCUT2D eigenvalue weighted by Crippen LogP contribution is -2.39. The predicted molar refractivity (Wildman–Crippen MR) is 177 cm³/mol. The highest BCUT2D eigenvalue weighted by Gasteiger charge is 2.34. The van der Waals surface area contributed by atoms with Gasteiger partial charge in [-0.15, -0.1) is 11.3 Å². The first-order valence-corrected chi connectivity index (χ1v) is 16.6. The van der Waals surface area contributed by atoms with Gasteiger partial charge in [-0.1, -0.05) is 13.8 Å². The number of urea groups is 1. The second-order valence-electron chi connectivity index (χ2n) is 11.4. The van der Waals surface area contributed by atoms with Gasteiger partial charge in [0.05, 0.1) is 22.8 Å². The molecule has 256 valence electrons. The lowest BCUT2D eigenvalue weighted by Gasteiger charge is -2.28. The van der Waals surface area contributed by atoms with E-state index in [0.717, 1.165) is 62.3 Å². The number of alkyl halides is 3. The predicted octanol–water partition coefficient (Wildman–Crippen LogP) is 5.25. The quantitative estimate of drug-likeness (QED) is 0.182. The molecule has 2 amide bonds. The summed E-state index contributed by atoms with van der Waals surface area (Å²) < 4.78 is 42.2. The monoisotopic (exact) mass is 686 g/mol. The molecule has 1 aliphatic rings. The Morgan fingerprint density at radius 2 is 1.90 bits per heavy atom. The molecule has 1 fully saturated rings. The van der Waals surface area contributed by atoms with Gasteiger partial charge in [0.15, 0.2) is 5.69 Å². The van der Waals surface area contributed by atoms with Gasteiger partial charge in [0.1, 0.15) is 16.4 Å². The van der Waals surface area contributed by atoms with E-state index in [1.54, 1.807) is 11.5 Å². The molecular weight excluding hydrogens is 649 g/mol. The first-order valence-electron chi connectivity index (χ1n) is 15.7. The van der Waals surface area contributed by atoms with Crippen LogP contribution in [0.4, 0.5) is 23.8 Å². The van der Waals surface area contributed by atoms with Crippen LogP contribution in [0.1, 0.15) is 49.7 Å². The minimum Gasteiger partial charge on any atom is -0.477 e. The number of aromatic carboxylic acids is 1. The third-order valence-corrected chi connectivity index (χ3v) is 9.36. The molecule has 1 atom stereocenters. The number of aromatic nitrogens is 4. The molecule has 0 saturated carbocycles. The van der Waals surface area contributed by atoms with E-state index in [-0.39, 0.29) is 39.1 Å². The zero-order valence-electron chi connectivity index (χ0n) is 26.8.